The molecule has 2 aliphatic heterocycles. The number of halogens is 1. The third-order valence-corrected chi connectivity index (χ3v) is 5.92. The quantitative estimate of drug-likeness (QED) is 0.711. The minimum absolute atomic E-state index is 0.106. The number of aldehydes is 1. The lowest BCUT2D eigenvalue weighted by molar-refractivity contribution is -0.113. The molecule has 0 saturated carbocycles. The fourth-order valence-corrected chi connectivity index (χ4v) is 4.48. The Morgan fingerprint density at radius 2 is 1.82 bits per heavy atom. The minimum atomic E-state index is -0.411. The molecule has 5 nitrogen and oxygen atoms in total. The van der Waals surface area contributed by atoms with Gasteiger partial charge in [-0.05, 0) is 74.0 Å². The monoisotopic (exact) mass is 398 g/mol. The maximum absolute atomic E-state index is 13.3. The number of amides is 1. The second kappa shape index (κ2) is 7.94. The van der Waals surface area contributed by atoms with Crippen molar-refractivity contribution in [2.45, 2.75) is 31.3 Å². The van der Waals surface area contributed by atoms with Crippen LogP contribution in [-0.4, -0.2) is 43.3 Å². The molecule has 1 saturated heterocycles. The zero-order valence-electron chi connectivity index (χ0n) is 15.8. The summed E-state index contributed by atoms with van der Waals surface area (Å²) in [6, 6.07) is 11.9. The van der Waals surface area contributed by atoms with Gasteiger partial charge in [-0.3, -0.25) is 14.6 Å². The molecule has 1 amide bonds. The van der Waals surface area contributed by atoms with Crippen LogP contribution in [0.3, 0.4) is 0 Å². The van der Waals surface area contributed by atoms with Gasteiger partial charge < -0.3 is 9.53 Å². The fourth-order valence-electron chi connectivity index (χ4n) is 4.30. The zero-order valence-corrected chi connectivity index (χ0v) is 16.6. The van der Waals surface area contributed by atoms with Gasteiger partial charge in [-0.2, -0.15) is 0 Å². The Bertz CT molecular complexity index is 878. The molecule has 0 aliphatic carbocycles. The van der Waals surface area contributed by atoms with Crippen molar-refractivity contribution in [3.8, 4) is 5.75 Å². The SMILES string of the molecule is COc1ccc(N2C(=O)c3ccc(Cl)cc3C2C(C=O)N2CCCCC2)cc1. The average Bonchev–Trinajstić information content (AvgIpc) is 3.01. The summed E-state index contributed by atoms with van der Waals surface area (Å²) in [5.74, 6) is 0.612. The molecule has 0 radical (unpaired) electrons. The molecule has 1 fully saturated rings. The number of hydrogen-bond donors (Lipinski definition) is 0. The highest BCUT2D eigenvalue weighted by Gasteiger charge is 2.44. The van der Waals surface area contributed by atoms with Crippen molar-refractivity contribution >= 4 is 29.5 Å². The molecule has 4 rings (SSSR count). The summed E-state index contributed by atoms with van der Waals surface area (Å²) in [4.78, 5) is 29.5. The van der Waals surface area contributed by atoms with Crippen molar-refractivity contribution in [1.29, 1.82) is 0 Å². The van der Waals surface area contributed by atoms with Crippen LogP contribution in [0.2, 0.25) is 5.02 Å². The number of carbonyl (C=O) groups excluding carboxylic acids is 2. The predicted octanol–water partition coefficient (Wildman–Crippen LogP) is 4.10. The Labute approximate surface area is 169 Å². The number of piperidine rings is 1. The van der Waals surface area contributed by atoms with Crippen molar-refractivity contribution in [1.82, 2.24) is 4.90 Å². The third-order valence-electron chi connectivity index (χ3n) is 5.69. The summed E-state index contributed by atoms with van der Waals surface area (Å²) in [6.07, 6.45) is 4.29. The highest BCUT2D eigenvalue weighted by Crippen LogP contribution is 2.42. The standard InChI is InChI=1S/C22H23ClN2O3/c1-28-17-8-6-16(7-9-17)25-21(20(14-26)24-11-3-2-4-12-24)19-13-15(23)5-10-18(19)22(25)27/h5-10,13-14,20-21H,2-4,11-12H2,1H3. The number of likely N-dealkylation sites (tertiary alicyclic amines) is 1. The maximum atomic E-state index is 13.3. The van der Waals surface area contributed by atoms with Crippen LogP contribution < -0.4 is 9.64 Å². The van der Waals surface area contributed by atoms with E-state index in [1.165, 1.54) is 6.42 Å². The number of methoxy groups -OCH3 is 1. The highest BCUT2D eigenvalue weighted by molar-refractivity contribution is 6.31. The van der Waals surface area contributed by atoms with E-state index < -0.39 is 12.1 Å². The van der Waals surface area contributed by atoms with Crippen LogP contribution in [0.1, 0.15) is 41.2 Å². The molecule has 146 valence electrons. The number of nitrogens with zero attached hydrogens (tertiary/aromatic N) is 2. The van der Waals surface area contributed by atoms with Crippen molar-refractivity contribution in [2.24, 2.45) is 0 Å². The second-order valence-corrected chi connectivity index (χ2v) is 7.71. The lowest BCUT2D eigenvalue weighted by Gasteiger charge is -2.38. The molecule has 0 spiro atoms. The Kier molecular flexibility index (Phi) is 5.38. The number of ether oxygens (including phenoxy) is 1. The molecule has 0 bridgehead atoms. The van der Waals surface area contributed by atoms with E-state index >= 15 is 0 Å². The highest BCUT2D eigenvalue weighted by atomic mass is 35.5. The van der Waals surface area contributed by atoms with E-state index in [-0.39, 0.29) is 5.91 Å². The van der Waals surface area contributed by atoms with Gasteiger partial charge in [-0.1, -0.05) is 18.0 Å². The molecule has 2 unspecified atom stereocenters. The van der Waals surface area contributed by atoms with E-state index in [1.807, 2.05) is 30.3 Å². The first kappa shape index (κ1) is 19.0. The van der Waals surface area contributed by atoms with Crippen molar-refractivity contribution in [3.05, 3.63) is 58.6 Å². The van der Waals surface area contributed by atoms with E-state index in [4.69, 9.17) is 16.3 Å². The van der Waals surface area contributed by atoms with Crippen LogP contribution in [0.5, 0.6) is 5.75 Å². The number of fused-ring (bicyclic) bond motifs is 1. The number of benzene rings is 2. The smallest absolute Gasteiger partial charge is 0.259 e. The largest absolute Gasteiger partial charge is 0.497 e. The lowest BCUT2D eigenvalue weighted by Crippen LogP contribution is -2.48. The van der Waals surface area contributed by atoms with Crippen LogP contribution in [0.25, 0.3) is 0 Å². The molecular formula is C22H23ClN2O3. The molecular weight excluding hydrogens is 376 g/mol. The fraction of sp³-hybridized carbons (Fsp3) is 0.364. The molecule has 28 heavy (non-hydrogen) atoms. The molecule has 2 aromatic rings. The topological polar surface area (TPSA) is 49.9 Å². The Morgan fingerprint density at radius 3 is 2.46 bits per heavy atom. The van der Waals surface area contributed by atoms with Crippen molar-refractivity contribution in [2.75, 3.05) is 25.1 Å². The van der Waals surface area contributed by atoms with Gasteiger partial charge in [0.25, 0.3) is 5.91 Å². The predicted molar refractivity (Wildman–Crippen MR) is 109 cm³/mol. The zero-order chi connectivity index (χ0) is 19.7. The lowest BCUT2D eigenvalue weighted by atomic mass is 9.96. The molecule has 2 aromatic carbocycles. The average molecular weight is 399 g/mol. The number of hydrogen-bond acceptors (Lipinski definition) is 4. The first-order valence-corrected chi connectivity index (χ1v) is 9.98. The molecule has 0 aromatic heterocycles. The van der Waals surface area contributed by atoms with Crippen LogP contribution in [0, 0.1) is 0 Å². The number of rotatable bonds is 5. The molecule has 6 heteroatoms. The summed E-state index contributed by atoms with van der Waals surface area (Å²) >= 11 is 6.26. The van der Waals surface area contributed by atoms with Crippen LogP contribution in [0.4, 0.5) is 5.69 Å². The van der Waals surface area contributed by atoms with Gasteiger partial charge in [0.05, 0.1) is 19.2 Å². The first-order valence-electron chi connectivity index (χ1n) is 9.60. The normalized spacial score (nSPS) is 20.7. The summed E-state index contributed by atoms with van der Waals surface area (Å²) in [5, 5.41) is 0.566. The van der Waals surface area contributed by atoms with Gasteiger partial charge in [0.15, 0.2) is 0 Å². The molecule has 2 heterocycles. The Balaban J connectivity index is 1.80. The van der Waals surface area contributed by atoms with Gasteiger partial charge in [-0.15, -0.1) is 0 Å². The van der Waals surface area contributed by atoms with Gasteiger partial charge >= 0.3 is 0 Å². The van der Waals surface area contributed by atoms with Crippen molar-refractivity contribution < 1.29 is 14.3 Å². The third kappa shape index (κ3) is 3.29. The van der Waals surface area contributed by atoms with Gasteiger partial charge in [0.1, 0.15) is 12.0 Å². The minimum Gasteiger partial charge on any atom is -0.497 e. The Morgan fingerprint density at radius 1 is 1.11 bits per heavy atom. The van der Waals surface area contributed by atoms with Gasteiger partial charge in [0, 0.05) is 16.3 Å². The molecule has 2 atom stereocenters. The van der Waals surface area contributed by atoms with E-state index in [0.29, 0.717) is 10.6 Å². The Hall–Kier alpha value is -2.37. The number of carbonyl (C=O) groups is 2. The van der Waals surface area contributed by atoms with Crippen LogP contribution >= 0.6 is 11.6 Å². The van der Waals surface area contributed by atoms with E-state index in [2.05, 4.69) is 4.90 Å². The van der Waals surface area contributed by atoms with Crippen LogP contribution in [-0.2, 0) is 4.79 Å². The molecule has 0 N–H and O–H groups in total. The molecule has 2 aliphatic rings. The van der Waals surface area contributed by atoms with Crippen LogP contribution in [0.15, 0.2) is 42.5 Å². The first-order chi connectivity index (χ1) is 13.6. The van der Waals surface area contributed by atoms with E-state index in [9.17, 15) is 9.59 Å². The van der Waals surface area contributed by atoms with E-state index in [0.717, 1.165) is 49.2 Å². The second-order valence-electron chi connectivity index (χ2n) is 7.27. The summed E-state index contributed by atoms with van der Waals surface area (Å²) in [7, 11) is 1.61. The maximum Gasteiger partial charge on any atom is 0.259 e. The summed E-state index contributed by atoms with van der Waals surface area (Å²) < 4.78 is 5.24. The van der Waals surface area contributed by atoms with Gasteiger partial charge in [0.2, 0.25) is 0 Å². The summed E-state index contributed by atoms with van der Waals surface area (Å²) in [6.45, 7) is 1.72. The summed E-state index contributed by atoms with van der Waals surface area (Å²) in [5.41, 5.74) is 2.16. The van der Waals surface area contributed by atoms with E-state index in [1.54, 1.807) is 24.1 Å². The van der Waals surface area contributed by atoms with Gasteiger partial charge in [-0.25, -0.2) is 0 Å². The number of anilines is 1. The van der Waals surface area contributed by atoms with Crippen molar-refractivity contribution in [3.63, 3.8) is 0 Å².